The number of amides is 2. The van der Waals surface area contributed by atoms with Gasteiger partial charge in [0.1, 0.15) is 17.4 Å². The van der Waals surface area contributed by atoms with Crippen molar-refractivity contribution in [3.05, 3.63) is 29.8 Å². The van der Waals surface area contributed by atoms with Gasteiger partial charge in [-0.3, -0.25) is 4.79 Å². The lowest BCUT2D eigenvalue weighted by atomic mass is 10.1. The summed E-state index contributed by atoms with van der Waals surface area (Å²) in [6.07, 6.45) is -0.681. The van der Waals surface area contributed by atoms with E-state index in [1.807, 2.05) is 0 Å². The van der Waals surface area contributed by atoms with Crippen LogP contribution in [0.1, 0.15) is 32.4 Å². The number of hydrogen-bond donors (Lipinski definition) is 3. The lowest BCUT2D eigenvalue weighted by molar-refractivity contribution is -0.122. The van der Waals surface area contributed by atoms with Gasteiger partial charge in [-0.1, -0.05) is 12.1 Å². The van der Waals surface area contributed by atoms with E-state index in [0.29, 0.717) is 5.56 Å². The molecular weight excluding hydrogens is 260 g/mol. The largest absolute Gasteiger partial charge is 0.508 e. The van der Waals surface area contributed by atoms with Gasteiger partial charge < -0.3 is 20.5 Å². The number of alkyl carbamates (subject to hydrolysis) is 1. The van der Waals surface area contributed by atoms with E-state index >= 15 is 0 Å². The first-order valence-electron chi connectivity index (χ1n) is 6.23. The number of carbonyl (C=O) groups excluding carboxylic acids is 2. The van der Waals surface area contributed by atoms with Gasteiger partial charge in [-0.25, -0.2) is 4.79 Å². The second-order valence-corrected chi connectivity index (χ2v) is 5.29. The van der Waals surface area contributed by atoms with Crippen molar-refractivity contribution in [2.75, 3.05) is 7.05 Å². The van der Waals surface area contributed by atoms with Gasteiger partial charge in [-0.15, -0.1) is 0 Å². The van der Waals surface area contributed by atoms with Crippen molar-refractivity contribution in [2.45, 2.75) is 32.4 Å². The third-order valence-electron chi connectivity index (χ3n) is 2.40. The van der Waals surface area contributed by atoms with Crippen LogP contribution in [-0.2, 0) is 9.53 Å². The molecule has 0 radical (unpaired) electrons. The van der Waals surface area contributed by atoms with Crippen LogP contribution in [0.25, 0.3) is 0 Å². The maximum atomic E-state index is 11.9. The zero-order chi connectivity index (χ0) is 15.3. The molecule has 0 aliphatic carbocycles. The Labute approximate surface area is 118 Å². The first-order chi connectivity index (χ1) is 9.23. The van der Waals surface area contributed by atoms with Gasteiger partial charge in [-0.2, -0.15) is 0 Å². The van der Waals surface area contributed by atoms with Crippen molar-refractivity contribution in [3.8, 4) is 5.75 Å². The lowest BCUT2D eigenvalue weighted by Crippen LogP contribution is -2.41. The Balaban J connectivity index is 2.88. The van der Waals surface area contributed by atoms with E-state index in [1.165, 1.54) is 19.2 Å². The van der Waals surface area contributed by atoms with Crippen LogP contribution in [0, 0.1) is 0 Å². The molecule has 0 saturated carbocycles. The SMILES string of the molecule is CNC(=O)C(NC(=O)OC(C)(C)C)c1ccc(O)cc1. The number of nitrogens with one attached hydrogen (secondary N) is 2. The zero-order valence-corrected chi connectivity index (χ0v) is 12.1. The molecule has 0 saturated heterocycles. The summed E-state index contributed by atoms with van der Waals surface area (Å²) in [5.41, 5.74) is -0.0975. The monoisotopic (exact) mass is 280 g/mol. The quantitative estimate of drug-likeness (QED) is 0.786. The van der Waals surface area contributed by atoms with Crippen molar-refractivity contribution in [3.63, 3.8) is 0 Å². The molecule has 0 fully saturated rings. The summed E-state index contributed by atoms with van der Waals surface area (Å²) in [5.74, 6) is -0.289. The van der Waals surface area contributed by atoms with E-state index in [2.05, 4.69) is 10.6 Å². The average Bonchev–Trinajstić information content (AvgIpc) is 2.34. The van der Waals surface area contributed by atoms with Crippen molar-refractivity contribution in [1.29, 1.82) is 0 Å². The Bertz CT molecular complexity index is 477. The van der Waals surface area contributed by atoms with Crippen LogP contribution >= 0.6 is 0 Å². The summed E-state index contributed by atoms with van der Waals surface area (Å²) in [6, 6.07) is 5.14. The first-order valence-corrected chi connectivity index (χ1v) is 6.23. The molecule has 1 aromatic rings. The minimum atomic E-state index is -0.879. The maximum Gasteiger partial charge on any atom is 0.408 e. The van der Waals surface area contributed by atoms with Gasteiger partial charge >= 0.3 is 6.09 Å². The number of phenols is 1. The van der Waals surface area contributed by atoms with Gasteiger partial charge in [0.15, 0.2) is 0 Å². The van der Waals surface area contributed by atoms with Crippen LogP contribution in [0.2, 0.25) is 0 Å². The highest BCUT2D eigenvalue weighted by atomic mass is 16.6. The van der Waals surface area contributed by atoms with Crippen molar-refractivity contribution in [2.24, 2.45) is 0 Å². The van der Waals surface area contributed by atoms with Crippen molar-refractivity contribution >= 4 is 12.0 Å². The molecule has 1 rings (SSSR count). The van der Waals surface area contributed by atoms with Gasteiger partial charge in [-0.05, 0) is 38.5 Å². The number of ether oxygens (including phenoxy) is 1. The van der Waals surface area contributed by atoms with E-state index in [9.17, 15) is 14.7 Å². The summed E-state index contributed by atoms with van der Waals surface area (Å²) < 4.78 is 5.13. The number of carbonyl (C=O) groups is 2. The molecule has 3 N–H and O–H groups in total. The number of rotatable bonds is 3. The van der Waals surface area contributed by atoms with Gasteiger partial charge in [0.05, 0.1) is 0 Å². The molecule has 0 heterocycles. The minimum Gasteiger partial charge on any atom is -0.508 e. The molecule has 20 heavy (non-hydrogen) atoms. The molecular formula is C14H20N2O4. The fourth-order valence-electron chi connectivity index (χ4n) is 1.54. The van der Waals surface area contributed by atoms with E-state index in [1.54, 1.807) is 32.9 Å². The van der Waals surface area contributed by atoms with E-state index < -0.39 is 17.7 Å². The third-order valence-corrected chi connectivity index (χ3v) is 2.40. The highest BCUT2D eigenvalue weighted by Gasteiger charge is 2.25. The number of likely N-dealkylation sites (N-methyl/N-ethyl adjacent to an activating group) is 1. The summed E-state index contributed by atoms with van der Waals surface area (Å²) in [6.45, 7) is 5.21. The molecule has 6 heteroatoms. The molecule has 1 unspecified atom stereocenters. The van der Waals surface area contributed by atoms with E-state index in [4.69, 9.17) is 4.74 Å². The summed E-state index contributed by atoms with van der Waals surface area (Å²) in [7, 11) is 1.48. The van der Waals surface area contributed by atoms with Crippen LogP contribution in [0.4, 0.5) is 4.79 Å². The standard InChI is InChI=1S/C14H20N2O4/c1-14(2,3)20-13(19)16-11(12(18)15-4)9-5-7-10(17)8-6-9/h5-8,11,17H,1-4H3,(H,15,18)(H,16,19). The van der Waals surface area contributed by atoms with Gasteiger partial charge in [0, 0.05) is 7.05 Å². The zero-order valence-electron chi connectivity index (χ0n) is 12.1. The Morgan fingerprint density at radius 2 is 1.75 bits per heavy atom. The number of aromatic hydroxyl groups is 1. The van der Waals surface area contributed by atoms with Crippen LogP contribution in [0.15, 0.2) is 24.3 Å². The van der Waals surface area contributed by atoms with Gasteiger partial charge in [0.25, 0.3) is 0 Å². The minimum absolute atomic E-state index is 0.0849. The Hall–Kier alpha value is -2.24. The smallest absolute Gasteiger partial charge is 0.408 e. The van der Waals surface area contributed by atoms with Crippen LogP contribution in [0.3, 0.4) is 0 Å². The normalized spacial score (nSPS) is 12.4. The number of benzene rings is 1. The molecule has 0 aromatic heterocycles. The predicted molar refractivity (Wildman–Crippen MR) is 74.3 cm³/mol. The van der Waals surface area contributed by atoms with Crippen LogP contribution < -0.4 is 10.6 Å². The lowest BCUT2D eigenvalue weighted by Gasteiger charge is -2.23. The highest BCUT2D eigenvalue weighted by Crippen LogP contribution is 2.18. The van der Waals surface area contributed by atoms with Crippen molar-refractivity contribution in [1.82, 2.24) is 10.6 Å². The molecule has 1 aromatic carbocycles. The highest BCUT2D eigenvalue weighted by molar-refractivity contribution is 5.86. The van der Waals surface area contributed by atoms with E-state index in [-0.39, 0.29) is 11.7 Å². The summed E-state index contributed by atoms with van der Waals surface area (Å²) in [5, 5.41) is 14.2. The second kappa shape index (κ2) is 6.27. The topological polar surface area (TPSA) is 87.7 Å². The molecule has 0 aliphatic heterocycles. The van der Waals surface area contributed by atoms with Crippen LogP contribution in [-0.4, -0.2) is 29.8 Å². The molecule has 0 bridgehead atoms. The summed E-state index contributed by atoms with van der Waals surface area (Å²) in [4.78, 5) is 23.6. The van der Waals surface area contributed by atoms with Crippen molar-refractivity contribution < 1.29 is 19.4 Å². The van der Waals surface area contributed by atoms with E-state index in [0.717, 1.165) is 0 Å². The average molecular weight is 280 g/mol. The maximum absolute atomic E-state index is 11.9. The number of hydrogen-bond acceptors (Lipinski definition) is 4. The Kier molecular flexibility index (Phi) is 4.96. The molecule has 2 amide bonds. The molecule has 0 spiro atoms. The Morgan fingerprint density at radius 1 is 1.20 bits per heavy atom. The third kappa shape index (κ3) is 4.79. The summed E-state index contributed by atoms with van der Waals surface area (Å²) >= 11 is 0. The second-order valence-electron chi connectivity index (χ2n) is 5.29. The first kappa shape index (κ1) is 15.8. The van der Waals surface area contributed by atoms with Crippen LogP contribution in [0.5, 0.6) is 5.75 Å². The predicted octanol–water partition coefficient (Wildman–Crippen LogP) is 1.70. The Morgan fingerprint density at radius 3 is 2.20 bits per heavy atom. The molecule has 6 nitrogen and oxygen atoms in total. The number of phenolic OH excluding ortho intramolecular Hbond substituents is 1. The fraction of sp³-hybridized carbons (Fsp3) is 0.429. The molecule has 1 atom stereocenters. The fourth-order valence-corrected chi connectivity index (χ4v) is 1.54. The molecule has 0 aliphatic rings. The molecule has 110 valence electrons. The van der Waals surface area contributed by atoms with Gasteiger partial charge in [0.2, 0.25) is 5.91 Å².